The van der Waals surface area contributed by atoms with Gasteiger partial charge < -0.3 is 8.83 Å². The monoisotopic (exact) mass is 236 g/mol. The molecule has 0 bridgehead atoms. The number of aryl methyl sites for hydroxylation is 2. The van der Waals surface area contributed by atoms with Crippen molar-refractivity contribution < 1.29 is 8.83 Å². The molecule has 0 aliphatic carbocycles. The predicted octanol–water partition coefficient (Wildman–Crippen LogP) is 3.54. The summed E-state index contributed by atoms with van der Waals surface area (Å²) in [6.45, 7) is 3.49. The Hall–Kier alpha value is -2.72. The van der Waals surface area contributed by atoms with Crippen molar-refractivity contribution in [2.45, 2.75) is 13.8 Å². The molecule has 0 fully saturated rings. The Morgan fingerprint density at radius 1 is 0.833 bits per heavy atom. The van der Waals surface area contributed by atoms with Gasteiger partial charge in [0.1, 0.15) is 46.0 Å². The van der Waals surface area contributed by atoms with Crippen molar-refractivity contribution in [2.24, 2.45) is 0 Å². The molecule has 0 atom stereocenters. The van der Waals surface area contributed by atoms with Crippen molar-refractivity contribution in [1.82, 2.24) is 0 Å². The molecule has 2 heterocycles. The van der Waals surface area contributed by atoms with Gasteiger partial charge in [-0.2, -0.15) is 10.5 Å². The van der Waals surface area contributed by atoms with Crippen LogP contribution in [0.15, 0.2) is 21.0 Å². The molecule has 0 N–H and O–H groups in total. The van der Waals surface area contributed by atoms with Crippen molar-refractivity contribution in [1.29, 1.82) is 10.5 Å². The summed E-state index contributed by atoms with van der Waals surface area (Å²) in [5.41, 5.74) is 2.24. The average Bonchev–Trinajstić information content (AvgIpc) is 2.80. The molecule has 0 aliphatic heterocycles. The summed E-state index contributed by atoms with van der Waals surface area (Å²) in [7, 11) is 0. The number of rotatable bonds is 0. The largest absolute Gasteiger partial charge is 0.460 e. The van der Waals surface area contributed by atoms with Gasteiger partial charge in [0.25, 0.3) is 0 Å². The maximum Gasteiger partial charge on any atom is 0.136 e. The van der Waals surface area contributed by atoms with Crippen LogP contribution in [0.4, 0.5) is 0 Å². The maximum atomic E-state index is 9.09. The molecule has 0 radical (unpaired) electrons. The molecule has 2 aromatic heterocycles. The van der Waals surface area contributed by atoms with Crippen molar-refractivity contribution in [2.75, 3.05) is 0 Å². The standard InChI is InChI=1S/C14H8N2O2/c1-7-11(5-15)9-3-14-10(4-13(9)17-7)12(6-16)8(2)18-14/h3-4H,1-2H3. The highest BCUT2D eigenvalue weighted by Crippen LogP contribution is 2.33. The van der Waals surface area contributed by atoms with Gasteiger partial charge in [-0.05, 0) is 26.0 Å². The summed E-state index contributed by atoms with van der Waals surface area (Å²) < 4.78 is 11.1. The predicted molar refractivity (Wildman–Crippen MR) is 64.9 cm³/mol. The summed E-state index contributed by atoms with van der Waals surface area (Å²) in [5.74, 6) is 1.16. The third-order valence-corrected chi connectivity index (χ3v) is 3.07. The summed E-state index contributed by atoms with van der Waals surface area (Å²) >= 11 is 0. The minimum atomic E-state index is 0.513. The normalized spacial score (nSPS) is 10.7. The number of nitriles is 2. The first-order chi connectivity index (χ1) is 8.65. The third-order valence-electron chi connectivity index (χ3n) is 3.07. The van der Waals surface area contributed by atoms with Crippen LogP contribution < -0.4 is 0 Å². The smallest absolute Gasteiger partial charge is 0.136 e. The van der Waals surface area contributed by atoms with Crippen molar-refractivity contribution >= 4 is 21.9 Å². The lowest BCUT2D eigenvalue weighted by molar-refractivity contribution is 0.574. The Bertz CT molecular complexity index is 795. The molecular formula is C14H8N2O2. The zero-order valence-corrected chi connectivity index (χ0v) is 9.87. The molecule has 0 unspecified atom stereocenters. The number of benzene rings is 1. The fraction of sp³-hybridized carbons (Fsp3) is 0.143. The van der Waals surface area contributed by atoms with Gasteiger partial charge in [0.05, 0.1) is 0 Å². The Balaban J connectivity index is 2.52. The number of hydrogen-bond acceptors (Lipinski definition) is 4. The molecule has 86 valence electrons. The molecule has 0 spiro atoms. The maximum absolute atomic E-state index is 9.09. The number of furan rings is 2. The number of fused-ring (bicyclic) bond motifs is 2. The molecule has 4 heteroatoms. The van der Waals surface area contributed by atoms with E-state index in [9.17, 15) is 0 Å². The van der Waals surface area contributed by atoms with Crippen LogP contribution in [-0.4, -0.2) is 0 Å². The van der Waals surface area contributed by atoms with Gasteiger partial charge in [-0.25, -0.2) is 0 Å². The van der Waals surface area contributed by atoms with Crippen molar-refractivity contribution in [3.8, 4) is 12.1 Å². The highest BCUT2D eigenvalue weighted by Gasteiger charge is 2.16. The lowest BCUT2D eigenvalue weighted by Crippen LogP contribution is -1.75. The molecule has 1 aromatic carbocycles. The van der Waals surface area contributed by atoms with Crippen LogP contribution in [-0.2, 0) is 0 Å². The first kappa shape index (κ1) is 10.4. The molecule has 3 aromatic rings. The van der Waals surface area contributed by atoms with E-state index in [0.717, 1.165) is 10.8 Å². The first-order valence-electron chi connectivity index (χ1n) is 5.42. The van der Waals surface area contributed by atoms with E-state index in [-0.39, 0.29) is 0 Å². The van der Waals surface area contributed by atoms with Gasteiger partial charge in [0, 0.05) is 10.8 Å². The summed E-state index contributed by atoms with van der Waals surface area (Å²) in [6.07, 6.45) is 0. The van der Waals surface area contributed by atoms with Gasteiger partial charge in [0.2, 0.25) is 0 Å². The molecular weight excluding hydrogens is 228 g/mol. The molecule has 4 nitrogen and oxygen atoms in total. The molecule has 0 aliphatic rings. The molecule has 0 saturated carbocycles. The van der Waals surface area contributed by atoms with Gasteiger partial charge >= 0.3 is 0 Å². The fourth-order valence-electron chi connectivity index (χ4n) is 2.21. The van der Waals surface area contributed by atoms with Crippen LogP contribution in [0.3, 0.4) is 0 Å². The van der Waals surface area contributed by atoms with E-state index >= 15 is 0 Å². The second-order valence-corrected chi connectivity index (χ2v) is 4.13. The van der Waals surface area contributed by atoms with Gasteiger partial charge in [-0.15, -0.1) is 0 Å². The first-order valence-corrected chi connectivity index (χ1v) is 5.42. The second kappa shape index (κ2) is 3.38. The van der Waals surface area contributed by atoms with Crippen LogP contribution >= 0.6 is 0 Å². The van der Waals surface area contributed by atoms with Gasteiger partial charge in [-0.1, -0.05) is 0 Å². The van der Waals surface area contributed by atoms with Crippen LogP contribution in [0.5, 0.6) is 0 Å². The third kappa shape index (κ3) is 1.18. The fourth-order valence-corrected chi connectivity index (χ4v) is 2.21. The topological polar surface area (TPSA) is 73.9 Å². The van der Waals surface area contributed by atoms with E-state index in [2.05, 4.69) is 12.1 Å². The van der Waals surface area contributed by atoms with E-state index in [0.29, 0.717) is 33.8 Å². The highest BCUT2D eigenvalue weighted by molar-refractivity contribution is 5.99. The summed E-state index contributed by atoms with van der Waals surface area (Å²) in [4.78, 5) is 0. The van der Waals surface area contributed by atoms with Crippen LogP contribution in [0, 0.1) is 36.5 Å². The molecule has 18 heavy (non-hydrogen) atoms. The molecule has 3 rings (SSSR count). The average molecular weight is 236 g/mol. The van der Waals surface area contributed by atoms with E-state index in [1.54, 1.807) is 26.0 Å². The zero-order valence-electron chi connectivity index (χ0n) is 9.87. The van der Waals surface area contributed by atoms with Gasteiger partial charge in [0.15, 0.2) is 0 Å². The van der Waals surface area contributed by atoms with E-state index in [4.69, 9.17) is 19.4 Å². The number of nitrogens with zero attached hydrogens (tertiary/aromatic N) is 2. The Morgan fingerprint density at radius 2 is 1.22 bits per heavy atom. The van der Waals surface area contributed by atoms with Crippen LogP contribution in [0.1, 0.15) is 22.6 Å². The van der Waals surface area contributed by atoms with E-state index in [1.807, 2.05) is 0 Å². The molecule has 0 amide bonds. The second-order valence-electron chi connectivity index (χ2n) is 4.13. The zero-order chi connectivity index (χ0) is 12.9. The molecule has 0 saturated heterocycles. The quantitative estimate of drug-likeness (QED) is 0.598. The van der Waals surface area contributed by atoms with E-state index < -0.39 is 0 Å². The summed E-state index contributed by atoms with van der Waals surface area (Å²) in [6, 6.07) is 7.75. The number of hydrogen-bond donors (Lipinski definition) is 0. The Kier molecular flexibility index (Phi) is 1.96. The minimum absolute atomic E-state index is 0.513. The van der Waals surface area contributed by atoms with Crippen LogP contribution in [0.2, 0.25) is 0 Å². The highest BCUT2D eigenvalue weighted by atomic mass is 16.3. The van der Waals surface area contributed by atoms with Gasteiger partial charge in [-0.3, -0.25) is 0 Å². The van der Waals surface area contributed by atoms with E-state index in [1.165, 1.54) is 0 Å². The minimum Gasteiger partial charge on any atom is -0.460 e. The van der Waals surface area contributed by atoms with Crippen molar-refractivity contribution in [3.63, 3.8) is 0 Å². The Morgan fingerprint density at radius 3 is 1.56 bits per heavy atom. The summed E-state index contributed by atoms with van der Waals surface area (Å²) in [5, 5.41) is 19.6. The van der Waals surface area contributed by atoms with Crippen molar-refractivity contribution in [3.05, 3.63) is 34.8 Å². The Labute approximate surface area is 103 Å². The van der Waals surface area contributed by atoms with Crippen LogP contribution in [0.25, 0.3) is 21.9 Å². The lowest BCUT2D eigenvalue weighted by atomic mass is 10.1. The SMILES string of the molecule is Cc1oc2cc3c(C#N)c(C)oc3cc2c1C#N. The lowest BCUT2D eigenvalue weighted by Gasteiger charge is -1.90.